The van der Waals surface area contributed by atoms with Gasteiger partial charge in [-0.05, 0) is 55.1 Å². The van der Waals surface area contributed by atoms with Gasteiger partial charge in [-0.15, -0.1) is 12.4 Å². The zero-order valence-corrected chi connectivity index (χ0v) is 23.2. The Kier molecular flexibility index (Phi) is 8.45. The molecule has 0 spiro atoms. The molecule has 4 aromatic rings. The number of likely N-dealkylation sites (N-methyl/N-ethyl adjacent to an activating group) is 1. The van der Waals surface area contributed by atoms with E-state index >= 15 is 0 Å². The zero-order chi connectivity index (χ0) is 26.9. The fraction of sp³-hybridized carbons (Fsp3) is 0.259. The molecule has 0 aliphatic carbocycles. The normalized spacial score (nSPS) is 14.6. The number of benzene rings is 2. The van der Waals surface area contributed by atoms with Crippen LogP contribution in [0.5, 0.6) is 11.6 Å². The number of ether oxygens (including phenoxy) is 1. The summed E-state index contributed by atoms with van der Waals surface area (Å²) in [5.41, 5.74) is 2.72. The number of hydrogen-bond acceptors (Lipinski definition) is 7. The number of carbonyl (C=O) groups excluding carboxylic acids is 1. The molecule has 3 N–H and O–H groups in total. The second-order valence-electron chi connectivity index (χ2n) is 9.23. The van der Waals surface area contributed by atoms with E-state index in [1.807, 2.05) is 31.3 Å². The molecule has 0 bridgehead atoms. The van der Waals surface area contributed by atoms with E-state index in [1.165, 1.54) is 16.6 Å². The first-order valence-electron chi connectivity index (χ1n) is 12.2. The molecule has 0 unspecified atom stereocenters. The lowest BCUT2D eigenvalue weighted by Crippen LogP contribution is -2.47. The number of sulfonamides is 1. The van der Waals surface area contributed by atoms with Gasteiger partial charge in [-0.3, -0.25) is 9.78 Å². The lowest BCUT2D eigenvalue weighted by Gasteiger charge is -2.31. The van der Waals surface area contributed by atoms with Crippen LogP contribution in [-0.2, 0) is 16.6 Å². The molecule has 10 nitrogen and oxygen atoms in total. The van der Waals surface area contributed by atoms with Crippen LogP contribution in [0.25, 0.3) is 22.2 Å². The molecule has 3 heterocycles. The number of aromatic nitrogens is 2. The van der Waals surface area contributed by atoms with Crippen LogP contribution in [0.2, 0.25) is 0 Å². The van der Waals surface area contributed by atoms with Gasteiger partial charge >= 0.3 is 0 Å². The molecule has 0 radical (unpaired) electrons. The second-order valence-corrected chi connectivity index (χ2v) is 11.2. The van der Waals surface area contributed by atoms with Crippen molar-refractivity contribution >= 4 is 39.2 Å². The summed E-state index contributed by atoms with van der Waals surface area (Å²) in [6.07, 6.45) is 1.31. The number of hydrogen-bond donors (Lipinski definition) is 3. The van der Waals surface area contributed by atoms with Crippen molar-refractivity contribution in [2.75, 3.05) is 40.3 Å². The van der Waals surface area contributed by atoms with Crippen molar-refractivity contribution in [2.45, 2.75) is 11.4 Å². The molecule has 206 valence electrons. The van der Waals surface area contributed by atoms with Crippen LogP contribution in [0.1, 0.15) is 15.9 Å². The number of H-pyrrole nitrogens is 1. The summed E-state index contributed by atoms with van der Waals surface area (Å²) in [7, 11) is -0.111. The van der Waals surface area contributed by atoms with Gasteiger partial charge in [0.15, 0.2) is 5.88 Å². The van der Waals surface area contributed by atoms with Crippen molar-refractivity contribution in [2.24, 2.45) is 0 Å². The fourth-order valence-corrected chi connectivity index (χ4v) is 5.87. The molecule has 5 rings (SSSR count). The highest BCUT2D eigenvalue weighted by Gasteiger charge is 2.28. The second kappa shape index (κ2) is 11.6. The Balaban J connectivity index is 0.00000353. The van der Waals surface area contributed by atoms with E-state index in [4.69, 9.17) is 4.74 Å². The van der Waals surface area contributed by atoms with Gasteiger partial charge < -0.3 is 25.0 Å². The van der Waals surface area contributed by atoms with E-state index in [1.54, 1.807) is 31.4 Å². The maximum Gasteiger partial charge on any atom is 0.251 e. The molecule has 12 heteroatoms. The van der Waals surface area contributed by atoms with Crippen LogP contribution in [-0.4, -0.2) is 78.9 Å². The van der Waals surface area contributed by atoms with Crippen LogP contribution in [0, 0.1) is 0 Å². The number of aromatic amines is 1. The lowest BCUT2D eigenvalue weighted by molar-refractivity contribution is 0.0951. The largest absolute Gasteiger partial charge is 0.497 e. The smallest absolute Gasteiger partial charge is 0.251 e. The summed E-state index contributed by atoms with van der Waals surface area (Å²) in [5.74, 6) is 0.319. The quantitative estimate of drug-likeness (QED) is 0.311. The van der Waals surface area contributed by atoms with Gasteiger partial charge in [0.05, 0.1) is 18.4 Å². The average Bonchev–Trinajstić information content (AvgIpc) is 3.27. The van der Waals surface area contributed by atoms with Crippen LogP contribution in [0.15, 0.2) is 65.7 Å². The molecule has 1 aliphatic rings. The van der Waals surface area contributed by atoms with E-state index in [9.17, 15) is 18.3 Å². The third-order valence-electron chi connectivity index (χ3n) is 6.72. The number of carbonyl (C=O) groups is 1. The number of methoxy groups -OCH3 is 1. The lowest BCUT2D eigenvalue weighted by atomic mass is 10.1. The summed E-state index contributed by atoms with van der Waals surface area (Å²) < 4.78 is 32.8. The van der Waals surface area contributed by atoms with E-state index < -0.39 is 10.0 Å². The Morgan fingerprint density at radius 3 is 2.56 bits per heavy atom. The third kappa shape index (κ3) is 5.86. The molecule has 1 amide bonds. The molecule has 0 atom stereocenters. The summed E-state index contributed by atoms with van der Waals surface area (Å²) >= 11 is 0. The Morgan fingerprint density at radius 2 is 1.87 bits per heavy atom. The number of amides is 1. The molecule has 2 aromatic heterocycles. The Hall–Kier alpha value is -3.64. The number of fused-ring (bicyclic) bond motifs is 1. The summed E-state index contributed by atoms with van der Waals surface area (Å²) in [4.78, 5) is 22.3. The van der Waals surface area contributed by atoms with Crippen molar-refractivity contribution in [1.82, 2.24) is 24.5 Å². The van der Waals surface area contributed by atoms with E-state index in [-0.39, 0.29) is 29.1 Å². The van der Waals surface area contributed by atoms with Gasteiger partial charge in [-0.1, -0.05) is 12.1 Å². The minimum absolute atomic E-state index is 0. The summed E-state index contributed by atoms with van der Waals surface area (Å²) in [5, 5.41) is 14.1. The monoisotopic (exact) mass is 571 g/mol. The number of piperazine rings is 1. The number of pyridine rings is 1. The van der Waals surface area contributed by atoms with Crippen molar-refractivity contribution in [1.29, 1.82) is 0 Å². The highest BCUT2D eigenvalue weighted by Crippen LogP contribution is 2.36. The SMILES string of the molecule is COc1cccc(CNC(=O)c2ccc3[nH]c(O)c(-c4ccc(S(=O)(=O)N5CCN(C)CC5)cn4)c3c2)c1.Cl. The number of aromatic hydroxyl groups is 1. The minimum atomic E-state index is -3.66. The van der Waals surface area contributed by atoms with Gasteiger partial charge in [-0.2, -0.15) is 4.31 Å². The van der Waals surface area contributed by atoms with E-state index in [2.05, 4.69) is 20.2 Å². The van der Waals surface area contributed by atoms with E-state index in [0.29, 0.717) is 66.2 Å². The van der Waals surface area contributed by atoms with Gasteiger partial charge in [0.25, 0.3) is 5.91 Å². The van der Waals surface area contributed by atoms with Crippen LogP contribution < -0.4 is 10.1 Å². The molecule has 1 fully saturated rings. The van der Waals surface area contributed by atoms with Crippen molar-refractivity contribution in [3.8, 4) is 22.9 Å². The van der Waals surface area contributed by atoms with Crippen LogP contribution in [0.3, 0.4) is 0 Å². The Bertz CT molecular complexity index is 1580. The Morgan fingerprint density at radius 1 is 1.10 bits per heavy atom. The summed E-state index contributed by atoms with van der Waals surface area (Å²) in [6.45, 7) is 2.51. The standard InChI is InChI=1S/C27H29N5O5S.ClH/c1-31-10-12-32(13-11-31)38(35,36)21-7-9-24(28-17-21)25-22-15-19(6-8-23(22)30-27(25)34)26(33)29-16-18-4-3-5-20(14-18)37-2;/h3-9,14-15,17,30,34H,10-13,16H2,1-2H3,(H,29,33);1H. The van der Waals surface area contributed by atoms with Gasteiger partial charge in [0, 0.05) is 55.4 Å². The van der Waals surface area contributed by atoms with Crippen LogP contribution in [0.4, 0.5) is 0 Å². The van der Waals surface area contributed by atoms with Gasteiger partial charge in [0.1, 0.15) is 10.6 Å². The third-order valence-corrected chi connectivity index (χ3v) is 8.60. The number of nitrogens with zero attached hydrogens (tertiary/aromatic N) is 3. The molecule has 0 saturated carbocycles. The predicted octanol–water partition coefficient (Wildman–Crippen LogP) is 3.23. The molecule has 1 saturated heterocycles. The number of nitrogens with one attached hydrogen (secondary N) is 2. The van der Waals surface area contributed by atoms with E-state index in [0.717, 1.165) is 5.56 Å². The number of halogens is 1. The van der Waals surface area contributed by atoms with Crippen molar-refractivity contribution in [3.63, 3.8) is 0 Å². The molecule has 1 aliphatic heterocycles. The molecular weight excluding hydrogens is 542 g/mol. The first-order chi connectivity index (χ1) is 18.3. The topological polar surface area (TPSA) is 128 Å². The Labute approximate surface area is 233 Å². The fourth-order valence-electron chi connectivity index (χ4n) is 4.50. The molecule has 39 heavy (non-hydrogen) atoms. The van der Waals surface area contributed by atoms with Crippen molar-refractivity contribution in [3.05, 3.63) is 71.9 Å². The average molecular weight is 572 g/mol. The van der Waals surface area contributed by atoms with Crippen LogP contribution >= 0.6 is 12.4 Å². The zero-order valence-electron chi connectivity index (χ0n) is 21.5. The minimum Gasteiger partial charge on any atom is -0.497 e. The first kappa shape index (κ1) is 28.4. The van der Waals surface area contributed by atoms with Gasteiger partial charge in [-0.25, -0.2) is 8.42 Å². The maximum absolute atomic E-state index is 13.1. The van der Waals surface area contributed by atoms with Gasteiger partial charge in [0.2, 0.25) is 10.0 Å². The molecular formula is C27H30ClN5O5S. The molecule has 2 aromatic carbocycles. The maximum atomic E-state index is 13.1. The number of rotatable bonds is 7. The predicted molar refractivity (Wildman–Crippen MR) is 151 cm³/mol. The highest BCUT2D eigenvalue weighted by atomic mass is 35.5. The highest BCUT2D eigenvalue weighted by molar-refractivity contribution is 7.89. The van der Waals surface area contributed by atoms with Crippen molar-refractivity contribution < 1.29 is 23.1 Å². The first-order valence-corrected chi connectivity index (χ1v) is 13.6. The summed E-state index contributed by atoms with van der Waals surface area (Å²) in [6, 6.07) is 15.6.